The lowest BCUT2D eigenvalue weighted by atomic mass is 10.1. The molecule has 0 aliphatic carbocycles. The van der Waals surface area contributed by atoms with Crippen molar-refractivity contribution in [2.45, 2.75) is 13.8 Å². The predicted octanol–water partition coefficient (Wildman–Crippen LogP) is 3.91. The summed E-state index contributed by atoms with van der Waals surface area (Å²) in [5.41, 5.74) is 1.97. The van der Waals surface area contributed by atoms with Crippen molar-refractivity contribution < 1.29 is 14.3 Å². The highest BCUT2D eigenvalue weighted by Crippen LogP contribution is 2.31. The van der Waals surface area contributed by atoms with Crippen molar-refractivity contribution in [2.24, 2.45) is 5.92 Å². The Hall–Kier alpha value is -2.73. The lowest BCUT2D eigenvalue weighted by Gasteiger charge is -2.37. The number of rotatable bonds is 5. The van der Waals surface area contributed by atoms with Gasteiger partial charge in [0, 0.05) is 37.1 Å². The van der Waals surface area contributed by atoms with E-state index in [4.69, 9.17) is 16.3 Å². The Morgan fingerprint density at radius 2 is 1.76 bits per heavy atom. The van der Waals surface area contributed by atoms with Crippen LogP contribution in [-0.2, 0) is 4.79 Å². The summed E-state index contributed by atoms with van der Waals surface area (Å²) in [5.74, 6) is 0.409. The zero-order valence-corrected chi connectivity index (χ0v) is 17.7. The maximum absolute atomic E-state index is 12.9. The largest absolute Gasteiger partial charge is 0.496 e. The molecular formula is C22H26ClN3O3. The number of hydrogen-bond acceptors (Lipinski definition) is 4. The number of piperazine rings is 1. The topological polar surface area (TPSA) is 61.9 Å². The average Bonchev–Trinajstić information content (AvgIpc) is 2.73. The van der Waals surface area contributed by atoms with Crippen LogP contribution < -0.4 is 15.0 Å². The van der Waals surface area contributed by atoms with E-state index in [-0.39, 0.29) is 17.7 Å². The summed E-state index contributed by atoms with van der Waals surface area (Å²) in [7, 11) is 1.54. The van der Waals surface area contributed by atoms with Crippen LogP contribution in [0.25, 0.3) is 0 Å². The molecule has 2 amide bonds. The number of amides is 2. The Bertz CT molecular complexity index is 893. The van der Waals surface area contributed by atoms with Gasteiger partial charge >= 0.3 is 0 Å². The van der Waals surface area contributed by atoms with Crippen LogP contribution in [0.15, 0.2) is 42.5 Å². The predicted molar refractivity (Wildman–Crippen MR) is 116 cm³/mol. The Kier molecular flexibility index (Phi) is 6.64. The lowest BCUT2D eigenvalue weighted by molar-refractivity contribution is -0.134. The van der Waals surface area contributed by atoms with Gasteiger partial charge in [-0.25, -0.2) is 0 Å². The van der Waals surface area contributed by atoms with Crippen molar-refractivity contribution in [1.29, 1.82) is 0 Å². The number of benzene rings is 2. The average molecular weight is 416 g/mol. The molecule has 0 spiro atoms. The first-order valence-corrected chi connectivity index (χ1v) is 10.1. The van der Waals surface area contributed by atoms with Gasteiger partial charge in [-0.3, -0.25) is 9.59 Å². The molecule has 2 aromatic carbocycles. The monoisotopic (exact) mass is 415 g/mol. The maximum atomic E-state index is 12.9. The number of nitrogens with zero attached hydrogens (tertiary/aromatic N) is 2. The van der Waals surface area contributed by atoms with Crippen molar-refractivity contribution in [3.8, 4) is 5.75 Å². The van der Waals surface area contributed by atoms with Gasteiger partial charge in [0.25, 0.3) is 5.91 Å². The summed E-state index contributed by atoms with van der Waals surface area (Å²) in [4.78, 5) is 29.1. The van der Waals surface area contributed by atoms with E-state index in [0.717, 1.165) is 5.69 Å². The van der Waals surface area contributed by atoms with Crippen LogP contribution >= 0.6 is 11.6 Å². The molecule has 6 nitrogen and oxygen atoms in total. The molecule has 1 N–H and O–H groups in total. The zero-order valence-electron chi connectivity index (χ0n) is 16.9. The molecule has 154 valence electrons. The van der Waals surface area contributed by atoms with Crippen molar-refractivity contribution >= 4 is 34.8 Å². The molecule has 7 heteroatoms. The first-order valence-electron chi connectivity index (χ1n) is 9.68. The first kappa shape index (κ1) is 21.0. The smallest absolute Gasteiger partial charge is 0.259 e. The fraction of sp³-hybridized carbons (Fsp3) is 0.364. The number of halogens is 1. The van der Waals surface area contributed by atoms with Crippen molar-refractivity contribution in [2.75, 3.05) is 43.5 Å². The molecule has 29 heavy (non-hydrogen) atoms. The van der Waals surface area contributed by atoms with Gasteiger partial charge in [0.15, 0.2) is 0 Å². The molecular weight excluding hydrogens is 390 g/mol. The third-order valence-corrected chi connectivity index (χ3v) is 5.22. The third-order valence-electron chi connectivity index (χ3n) is 4.98. The molecule has 0 bridgehead atoms. The van der Waals surface area contributed by atoms with Gasteiger partial charge in [-0.2, -0.15) is 0 Å². The number of nitrogens with one attached hydrogen (secondary N) is 1. The standard InChI is InChI=1S/C22H26ClN3O3/c1-15(2)22(28)26-12-10-25(11-13-26)19-9-8-16(23)14-18(19)24-21(27)17-6-4-5-7-20(17)29-3/h4-9,14-15H,10-13H2,1-3H3,(H,24,27). The van der Waals surface area contributed by atoms with Gasteiger partial charge in [-0.15, -0.1) is 0 Å². The molecule has 0 saturated carbocycles. The molecule has 1 saturated heterocycles. The number of para-hydroxylation sites is 1. The van der Waals surface area contributed by atoms with Crippen LogP contribution in [0.5, 0.6) is 5.75 Å². The molecule has 0 atom stereocenters. The number of carbonyl (C=O) groups is 2. The van der Waals surface area contributed by atoms with Gasteiger partial charge in [-0.1, -0.05) is 37.6 Å². The molecule has 3 rings (SSSR count). The molecule has 1 fully saturated rings. The van der Waals surface area contributed by atoms with Crippen LogP contribution in [0, 0.1) is 5.92 Å². The van der Waals surface area contributed by atoms with Gasteiger partial charge in [-0.05, 0) is 30.3 Å². The summed E-state index contributed by atoms with van der Waals surface area (Å²) in [6, 6.07) is 12.5. The van der Waals surface area contributed by atoms with E-state index in [1.54, 1.807) is 30.3 Å². The molecule has 0 aromatic heterocycles. The van der Waals surface area contributed by atoms with E-state index < -0.39 is 0 Å². The highest BCUT2D eigenvalue weighted by molar-refractivity contribution is 6.31. The van der Waals surface area contributed by atoms with Gasteiger partial charge in [0.1, 0.15) is 5.75 Å². The van der Waals surface area contributed by atoms with Crippen molar-refractivity contribution in [1.82, 2.24) is 4.90 Å². The zero-order chi connectivity index (χ0) is 21.0. The fourth-order valence-electron chi connectivity index (χ4n) is 3.44. The minimum atomic E-state index is -0.264. The second kappa shape index (κ2) is 9.18. The molecule has 2 aromatic rings. The summed E-state index contributed by atoms with van der Waals surface area (Å²) < 4.78 is 5.29. The second-order valence-corrected chi connectivity index (χ2v) is 7.72. The summed E-state index contributed by atoms with van der Waals surface area (Å²) in [6.07, 6.45) is 0. The summed E-state index contributed by atoms with van der Waals surface area (Å²) >= 11 is 6.20. The number of hydrogen-bond donors (Lipinski definition) is 1. The molecule has 1 heterocycles. The van der Waals surface area contributed by atoms with Crippen molar-refractivity contribution in [3.05, 3.63) is 53.1 Å². The Labute approximate surface area is 176 Å². The molecule has 1 aliphatic heterocycles. The highest BCUT2D eigenvalue weighted by atomic mass is 35.5. The summed E-state index contributed by atoms with van der Waals surface area (Å²) in [5, 5.41) is 3.51. The van der Waals surface area contributed by atoms with E-state index in [9.17, 15) is 9.59 Å². The van der Waals surface area contributed by atoms with Crippen molar-refractivity contribution in [3.63, 3.8) is 0 Å². The van der Waals surface area contributed by atoms with E-state index in [1.807, 2.05) is 30.9 Å². The molecule has 0 radical (unpaired) electrons. The van der Waals surface area contributed by atoms with E-state index >= 15 is 0 Å². The number of methoxy groups -OCH3 is 1. The van der Waals surface area contributed by atoms with Crippen LogP contribution in [0.4, 0.5) is 11.4 Å². The van der Waals surface area contributed by atoms with Gasteiger partial charge in [0.2, 0.25) is 5.91 Å². The number of carbonyl (C=O) groups excluding carboxylic acids is 2. The van der Waals surface area contributed by atoms with Crippen LogP contribution in [-0.4, -0.2) is 50.0 Å². The van der Waals surface area contributed by atoms with Crippen LogP contribution in [0.1, 0.15) is 24.2 Å². The fourth-order valence-corrected chi connectivity index (χ4v) is 3.61. The van der Waals surface area contributed by atoms with Crippen LogP contribution in [0.2, 0.25) is 5.02 Å². The minimum Gasteiger partial charge on any atom is -0.496 e. The second-order valence-electron chi connectivity index (χ2n) is 7.28. The highest BCUT2D eigenvalue weighted by Gasteiger charge is 2.25. The Morgan fingerprint density at radius 1 is 1.07 bits per heavy atom. The number of ether oxygens (including phenoxy) is 1. The summed E-state index contributed by atoms with van der Waals surface area (Å²) in [6.45, 7) is 6.52. The van der Waals surface area contributed by atoms with Crippen LogP contribution in [0.3, 0.4) is 0 Å². The maximum Gasteiger partial charge on any atom is 0.259 e. The van der Waals surface area contributed by atoms with Gasteiger partial charge < -0.3 is 19.9 Å². The first-order chi connectivity index (χ1) is 13.9. The van der Waals surface area contributed by atoms with E-state index in [2.05, 4.69) is 10.2 Å². The lowest BCUT2D eigenvalue weighted by Crippen LogP contribution is -2.50. The molecule has 1 aliphatic rings. The van der Waals surface area contributed by atoms with E-state index in [0.29, 0.717) is 48.2 Å². The molecule has 0 unspecified atom stereocenters. The quantitative estimate of drug-likeness (QED) is 0.804. The SMILES string of the molecule is COc1ccccc1C(=O)Nc1cc(Cl)ccc1N1CCN(C(=O)C(C)C)CC1. The van der Waals surface area contributed by atoms with Gasteiger partial charge in [0.05, 0.1) is 24.0 Å². The third kappa shape index (κ3) is 4.82. The normalized spacial score (nSPS) is 14.1. The Morgan fingerprint density at radius 3 is 2.41 bits per heavy atom. The minimum absolute atomic E-state index is 0.00668. The number of anilines is 2. The van der Waals surface area contributed by atoms with E-state index in [1.165, 1.54) is 7.11 Å². The Balaban J connectivity index is 1.79.